The molecule has 0 amide bonds. The number of hydrogen-bond acceptors (Lipinski definition) is 2. The van der Waals surface area contributed by atoms with Crippen molar-refractivity contribution in [3.8, 4) is 11.1 Å². The molecule has 0 saturated heterocycles. The van der Waals surface area contributed by atoms with Crippen molar-refractivity contribution < 1.29 is 26.3 Å². The third-order valence-corrected chi connectivity index (χ3v) is 7.84. The van der Waals surface area contributed by atoms with E-state index in [4.69, 9.17) is 0 Å². The summed E-state index contributed by atoms with van der Waals surface area (Å²) in [5.74, 6) is 0.210. The Balaban J connectivity index is 1.45. The van der Waals surface area contributed by atoms with Gasteiger partial charge in [0, 0.05) is 10.6 Å². The number of hydrogen-bond donors (Lipinski definition) is 1. The van der Waals surface area contributed by atoms with E-state index in [1.807, 2.05) is 31.2 Å². The molecule has 0 bridgehead atoms. The van der Waals surface area contributed by atoms with Crippen LogP contribution in [0.5, 0.6) is 0 Å². The van der Waals surface area contributed by atoms with Crippen LogP contribution in [0.15, 0.2) is 83.4 Å². The molecule has 0 fully saturated rings. The van der Waals surface area contributed by atoms with Crippen LogP contribution in [-0.2, 0) is 18.8 Å². The Hall–Kier alpha value is -2.87. The Kier molecular flexibility index (Phi) is 7.46. The fourth-order valence-corrected chi connectivity index (χ4v) is 5.79. The van der Waals surface area contributed by atoms with Gasteiger partial charge in [-0.25, -0.2) is 0 Å². The Labute approximate surface area is 210 Å². The lowest BCUT2D eigenvalue weighted by Gasteiger charge is -2.18. The molecule has 1 N–H and O–H groups in total. The maximum atomic E-state index is 13.1. The van der Waals surface area contributed by atoms with Gasteiger partial charge in [-0.1, -0.05) is 67.2 Å². The Morgan fingerprint density at radius 1 is 0.806 bits per heavy atom. The van der Waals surface area contributed by atoms with Gasteiger partial charge in [-0.05, 0) is 72.2 Å². The third kappa shape index (κ3) is 5.91. The van der Waals surface area contributed by atoms with Crippen LogP contribution in [0.3, 0.4) is 0 Å². The van der Waals surface area contributed by atoms with Crippen molar-refractivity contribution in [2.24, 2.45) is 5.92 Å². The van der Waals surface area contributed by atoms with E-state index in [0.717, 1.165) is 53.9 Å². The molecule has 1 aliphatic heterocycles. The SMILES string of the molecule is CCC(Cc1ccc(-c2cccc(C(F)(F)F)c2)cc1)C1=C(C)NC(c2ccc(C(F)(F)F)cc2)S1. The highest BCUT2D eigenvalue weighted by molar-refractivity contribution is 8.03. The molecule has 0 saturated carbocycles. The van der Waals surface area contributed by atoms with E-state index in [9.17, 15) is 26.3 Å². The Bertz CT molecular complexity index is 1230. The standard InChI is InChI=1S/C28H25F6NS/c1-3-19(25-17(2)35-26(36-25)21-11-13-23(14-12-21)27(29,30)31)15-18-7-9-20(10-8-18)22-5-4-6-24(16-22)28(32,33)34/h4-14,16,19,26,35H,3,15H2,1-2H3. The average Bonchev–Trinajstić information content (AvgIpc) is 3.23. The zero-order valence-electron chi connectivity index (χ0n) is 19.7. The summed E-state index contributed by atoms with van der Waals surface area (Å²) in [6.45, 7) is 4.07. The first kappa shape index (κ1) is 26.2. The van der Waals surface area contributed by atoms with Crippen LogP contribution in [0.1, 0.15) is 47.9 Å². The first-order chi connectivity index (χ1) is 17.0. The van der Waals surface area contributed by atoms with E-state index in [0.29, 0.717) is 11.1 Å². The number of benzene rings is 3. The maximum absolute atomic E-state index is 13.1. The van der Waals surface area contributed by atoms with Gasteiger partial charge < -0.3 is 5.32 Å². The van der Waals surface area contributed by atoms with Crippen LogP contribution in [0.4, 0.5) is 26.3 Å². The summed E-state index contributed by atoms with van der Waals surface area (Å²) in [5, 5.41) is 3.24. The second-order valence-corrected chi connectivity index (χ2v) is 9.98. The highest BCUT2D eigenvalue weighted by Crippen LogP contribution is 2.46. The van der Waals surface area contributed by atoms with E-state index >= 15 is 0 Å². The smallest absolute Gasteiger partial charge is 0.372 e. The molecule has 3 aromatic rings. The predicted molar refractivity (Wildman–Crippen MR) is 132 cm³/mol. The number of nitrogens with one attached hydrogen (secondary N) is 1. The van der Waals surface area contributed by atoms with Gasteiger partial charge in [0.2, 0.25) is 0 Å². The summed E-state index contributed by atoms with van der Waals surface area (Å²) in [7, 11) is 0. The third-order valence-electron chi connectivity index (χ3n) is 6.33. The minimum atomic E-state index is -4.39. The van der Waals surface area contributed by atoms with Gasteiger partial charge in [0.05, 0.1) is 11.1 Å². The van der Waals surface area contributed by atoms with Crippen molar-refractivity contribution in [3.63, 3.8) is 0 Å². The summed E-state index contributed by atoms with van der Waals surface area (Å²) in [6.07, 6.45) is -7.13. The molecule has 0 radical (unpaired) electrons. The molecular formula is C28H25F6NS. The molecule has 1 heterocycles. The fraction of sp³-hybridized carbons (Fsp3) is 0.286. The topological polar surface area (TPSA) is 12.0 Å². The number of allylic oxidation sites excluding steroid dienone is 2. The van der Waals surface area contributed by atoms with E-state index in [2.05, 4.69) is 12.2 Å². The number of alkyl halides is 6. The van der Waals surface area contributed by atoms with Crippen LogP contribution in [0.25, 0.3) is 11.1 Å². The van der Waals surface area contributed by atoms with Crippen LogP contribution in [0, 0.1) is 5.92 Å². The van der Waals surface area contributed by atoms with Gasteiger partial charge in [0.25, 0.3) is 0 Å². The molecule has 0 aliphatic carbocycles. The van der Waals surface area contributed by atoms with E-state index < -0.39 is 23.5 Å². The molecule has 2 unspecified atom stereocenters. The van der Waals surface area contributed by atoms with Gasteiger partial charge in [-0.2, -0.15) is 26.3 Å². The summed E-state index contributed by atoms with van der Waals surface area (Å²) in [5.41, 5.74) is 2.74. The second-order valence-electron chi connectivity index (χ2n) is 8.84. The highest BCUT2D eigenvalue weighted by Gasteiger charge is 2.32. The molecular weight excluding hydrogens is 496 g/mol. The minimum absolute atomic E-state index is 0.153. The predicted octanol–water partition coefficient (Wildman–Crippen LogP) is 9.23. The van der Waals surface area contributed by atoms with Crippen molar-refractivity contribution in [1.29, 1.82) is 0 Å². The van der Waals surface area contributed by atoms with Crippen molar-refractivity contribution in [2.75, 3.05) is 0 Å². The zero-order valence-corrected chi connectivity index (χ0v) is 20.5. The second kappa shape index (κ2) is 10.2. The normalized spacial score (nSPS) is 17.3. The highest BCUT2D eigenvalue weighted by atomic mass is 32.2. The zero-order chi connectivity index (χ0) is 26.1. The quantitative estimate of drug-likeness (QED) is 0.325. The average molecular weight is 522 g/mol. The Morgan fingerprint density at radius 2 is 1.44 bits per heavy atom. The lowest BCUT2D eigenvalue weighted by Crippen LogP contribution is -2.12. The first-order valence-corrected chi connectivity index (χ1v) is 12.4. The van der Waals surface area contributed by atoms with Gasteiger partial charge in [-0.3, -0.25) is 0 Å². The fourth-order valence-electron chi connectivity index (χ4n) is 4.33. The molecule has 3 aromatic carbocycles. The number of halogens is 6. The molecule has 1 nitrogen and oxygen atoms in total. The largest absolute Gasteiger partial charge is 0.416 e. The lowest BCUT2D eigenvalue weighted by molar-refractivity contribution is -0.138. The van der Waals surface area contributed by atoms with Crippen LogP contribution in [0.2, 0.25) is 0 Å². The first-order valence-electron chi connectivity index (χ1n) is 11.5. The van der Waals surface area contributed by atoms with Gasteiger partial charge in [0.15, 0.2) is 0 Å². The number of thioether (sulfide) groups is 1. The molecule has 2 atom stereocenters. The van der Waals surface area contributed by atoms with Crippen LogP contribution >= 0.6 is 11.8 Å². The summed E-state index contributed by atoms with van der Waals surface area (Å²) in [4.78, 5) is 1.17. The lowest BCUT2D eigenvalue weighted by atomic mass is 9.94. The molecule has 0 aromatic heterocycles. The molecule has 0 spiro atoms. The Morgan fingerprint density at radius 3 is 2.03 bits per heavy atom. The molecule has 8 heteroatoms. The molecule has 190 valence electrons. The van der Waals surface area contributed by atoms with Crippen molar-refractivity contribution in [2.45, 2.75) is 44.4 Å². The maximum Gasteiger partial charge on any atom is 0.416 e. The minimum Gasteiger partial charge on any atom is -0.372 e. The van der Waals surface area contributed by atoms with Crippen LogP contribution < -0.4 is 5.32 Å². The van der Waals surface area contributed by atoms with E-state index in [-0.39, 0.29) is 11.3 Å². The summed E-state index contributed by atoms with van der Waals surface area (Å²) in [6, 6.07) is 18.1. The van der Waals surface area contributed by atoms with E-state index in [1.54, 1.807) is 17.8 Å². The van der Waals surface area contributed by atoms with Crippen molar-refractivity contribution in [3.05, 3.63) is 106 Å². The van der Waals surface area contributed by atoms with Crippen molar-refractivity contribution >= 4 is 11.8 Å². The van der Waals surface area contributed by atoms with Gasteiger partial charge >= 0.3 is 12.4 Å². The summed E-state index contributed by atoms with van der Waals surface area (Å²) >= 11 is 1.62. The molecule has 1 aliphatic rings. The molecule has 36 heavy (non-hydrogen) atoms. The summed E-state index contributed by atoms with van der Waals surface area (Å²) < 4.78 is 77.8. The molecule has 4 rings (SSSR count). The van der Waals surface area contributed by atoms with Gasteiger partial charge in [-0.15, -0.1) is 0 Å². The monoisotopic (exact) mass is 521 g/mol. The van der Waals surface area contributed by atoms with Gasteiger partial charge in [0.1, 0.15) is 5.37 Å². The van der Waals surface area contributed by atoms with Crippen LogP contribution in [-0.4, -0.2) is 0 Å². The number of rotatable bonds is 6. The van der Waals surface area contributed by atoms with E-state index in [1.165, 1.54) is 23.1 Å². The van der Waals surface area contributed by atoms with Crippen molar-refractivity contribution in [1.82, 2.24) is 5.32 Å².